The van der Waals surface area contributed by atoms with Crippen molar-refractivity contribution >= 4 is 40.7 Å². The zero-order valence-corrected chi connectivity index (χ0v) is 17.9. The molecule has 1 saturated heterocycles. The molecule has 0 radical (unpaired) electrons. The molecular formula is C20H24N2O7S. The number of fused-ring (bicyclic) bond motifs is 1. The average Bonchev–Trinajstić information content (AvgIpc) is 3.22. The molecule has 10 heteroatoms. The molecule has 2 aliphatic rings. The number of esters is 2. The van der Waals surface area contributed by atoms with Crippen LogP contribution in [0.5, 0.6) is 0 Å². The second-order valence-electron chi connectivity index (χ2n) is 8.37. The maximum absolute atomic E-state index is 12.8. The second kappa shape index (κ2) is 7.84. The summed E-state index contributed by atoms with van der Waals surface area (Å²) in [7, 11) is 0. The highest BCUT2D eigenvalue weighted by atomic mass is 32.1. The number of thiophene rings is 1. The highest BCUT2D eigenvalue weighted by Crippen LogP contribution is 2.48. The van der Waals surface area contributed by atoms with Crippen LogP contribution in [0.3, 0.4) is 0 Å². The lowest BCUT2D eigenvalue weighted by atomic mass is 9.82. The number of ether oxygens (including phenoxy) is 2. The van der Waals surface area contributed by atoms with Gasteiger partial charge >= 0.3 is 11.9 Å². The Morgan fingerprint density at radius 3 is 2.53 bits per heavy atom. The summed E-state index contributed by atoms with van der Waals surface area (Å²) in [5.41, 5.74) is 5.80. The largest absolute Gasteiger partial charge is 0.427 e. The minimum atomic E-state index is -0.888. The third-order valence-electron chi connectivity index (χ3n) is 5.17. The molecule has 2 aliphatic heterocycles. The van der Waals surface area contributed by atoms with Crippen molar-refractivity contribution in [3.05, 3.63) is 27.6 Å². The van der Waals surface area contributed by atoms with Crippen LogP contribution in [0.2, 0.25) is 0 Å². The molecule has 2 amide bonds. The van der Waals surface area contributed by atoms with Crippen LogP contribution in [0, 0.1) is 11.3 Å². The van der Waals surface area contributed by atoms with Crippen LogP contribution in [0.1, 0.15) is 50.0 Å². The molecule has 1 aromatic heterocycles. The number of aliphatic hydroxyl groups is 1. The first-order valence-corrected chi connectivity index (χ1v) is 10.3. The number of amides is 2. The van der Waals surface area contributed by atoms with E-state index in [1.807, 2.05) is 0 Å². The molecule has 30 heavy (non-hydrogen) atoms. The van der Waals surface area contributed by atoms with E-state index < -0.39 is 54.0 Å². The average molecular weight is 436 g/mol. The Labute approximate surface area is 177 Å². The van der Waals surface area contributed by atoms with E-state index in [0.717, 1.165) is 0 Å². The Morgan fingerprint density at radius 1 is 1.30 bits per heavy atom. The van der Waals surface area contributed by atoms with E-state index in [2.05, 4.69) is 0 Å². The summed E-state index contributed by atoms with van der Waals surface area (Å²) in [4.78, 5) is 50.4. The monoisotopic (exact) mass is 436 g/mol. The molecule has 3 atom stereocenters. The van der Waals surface area contributed by atoms with Gasteiger partial charge in [0.2, 0.25) is 18.6 Å². The van der Waals surface area contributed by atoms with E-state index in [1.54, 1.807) is 31.5 Å². The van der Waals surface area contributed by atoms with Crippen LogP contribution in [-0.4, -0.2) is 52.7 Å². The Balaban J connectivity index is 1.89. The summed E-state index contributed by atoms with van der Waals surface area (Å²) in [5.74, 6) is -3.11. The summed E-state index contributed by atoms with van der Waals surface area (Å²) < 4.78 is 10.1. The number of β-lactam (4-membered cyclic amide) rings is 1. The summed E-state index contributed by atoms with van der Waals surface area (Å²) >= 11 is 1.24. The van der Waals surface area contributed by atoms with Gasteiger partial charge in [-0.3, -0.25) is 14.4 Å². The van der Waals surface area contributed by atoms with Gasteiger partial charge in [0, 0.05) is 10.9 Å². The molecule has 3 N–H and O–H groups in total. The summed E-state index contributed by atoms with van der Waals surface area (Å²) in [6.45, 7) is 5.90. The zero-order chi connectivity index (χ0) is 22.4. The molecular weight excluding hydrogens is 412 g/mol. The van der Waals surface area contributed by atoms with E-state index in [4.69, 9.17) is 15.2 Å². The number of carbonyl (C=O) groups excluding carboxylic acids is 4. The quantitative estimate of drug-likeness (QED) is 0.389. The number of rotatable bonds is 6. The smallest absolute Gasteiger partial charge is 0.358 e. The second-order valence-corrected chi connectivity index (χ2v) is 9.11. The lowest BCUT2D eigenvalue weighted by molar-refractivity contribution is -0.175. The van der Waals surface area contributed by atoms with Crippen LogP contribution >= 0.6 is 11.3 Å². The first kappa shape index (κ1) is 22.0. The fraction of sp³-hybridized carbons (Fsp3) is 0.500. The Hall–Kier alpha value is -2.72. The Kier molecular flexibility index (Phi) is 5.74. The van der Waals surface area contributed by atoms with E-state index in [9.17, 15) is 24.3 Å². The molecule has 3 heterocycles. The van der Waals surface area contributed by atoms with Crippen LogP contribution in [0.25, 0.3) is 5.57 Å². The van der Waals surface area contributed by atoms with E-state index in [-0.39, 0.29) is 17.7 Å². The number of carbonyl (C=O) groups is 4. The van der Waals surface area contributed by atoms with Crippen LogP contribution in [0.4, 0.5) is 0 Å². The number of aliphatic hydroxyl groups excluding tert-OH is 1. The third kappa shape index (κ3) is 3.72. The van der Waals surface area contributed by atoms with Crippen molar-refractivity contribution in [3.8, 4) is 0 Å². The summed E-state index contributed by atoms with van der Waals surface area (Å²) in [5, 5.41) is 13.2. The summed E-state index contributed by atoms with van der Waals surface area (Å²) in [6.07, 6.45) is -0.619. The van der Waals surface area contributed by atoms with Crippen molar-refractivity contribution < 1.29 is 33.8 Å². The molecule has 9 nitrogen and oxygen atoms in total. The highest BCUT2D eigenvalue weighted by molar-refractivity contribution is 7.08. The van der Waals surface area contributed by atoms with Crippen molar-refractivity contribution in [2.75, 3.05) is 6.79 Å². The first-order chi connectivity index (χ1) is 13.9. The molecule has 0 unspecified atom stereocenters. The first-order valence-electron chi connectivity index (χ1n) is 9.40. The van der Waals surface area contributed by atoms with Gasteiger partial charge in [-0.05, 0) is 45.1 Å². The molecule has 1 fully saturated rings. The van der Waals surface area contributed by atoms with Gasteiger partial charge < -0.3 is 25.2 Å². The van der Waals surface area contributed by atoms with Gasteiger partial charge in [-0.1, -0.05) is 0 Å². The minimum Gasteiger partial charge on any atom is -0.427 e. The number of nitrogens with zero attached hydrogens (tertiary/aromatic N) is 1. The minimum absolute atomic E-state index is 0.0189. The normalized spacial score (nSPS) is 21.8. The molecule has 0 spiro atoms. The SMILES string of the molecule is C[C@@H](O)[C@H]1C(=O)N2C(C(=O)OCOC(=O)C(C)(C)C)=C(c3cscc3C(N)=O)C[C@H]12. The number of primary amides is 1. The molecule has 0 aliphatic carbocycles. The fourth-order valence-electron chi connectivity index (χ4n) is 3.64. The predicted molar refractivity (Wildman–Crippen MR) is 107 cm³/mol. The van der Waals surface area contributed by atoms with Crippen molar-refractivity contribution in [1.29, 1.82) is 0 Å². The fourth-order valence-corrected chi connectivity index (χ4v) is 4.49. The number of hydrogen-bond acceptors (Lipinski definition) is 8. The van der Waals surface area contributed by atoms with Gasteiger partial charge in [-0.15, -0.1) is 0 Å². The molecule has 0 saturated carbocycles. The van der Waals surface area contributed by atoms with Crippen LogP contribution < -0.4 is 5.73 Å². The number of nitrogens with two attached hydrogens (primary N) is 1. The molecule has 0 bridgehead atoms. The highest BCUT2D eigenvalue weighted by Gasteiger charge is 2.57. The predicted octanol–water partition coefficient (Wildman–Crippen LogP) is 1.26. The zero-order valence-electron chi connectivity index (χ0n) is 17.1. The molecule has 162 valence electrons. The van der Waals surface area contributed by atoms with Gasteiger partial charge in [0.15, 0.2) is 0 Å². The van der Waals surface area contributed by atoms with Gasteiger partial charge in [-0.25, -0.2) is 4.79 Å². The van der Waals surface area contributed by atoms with Gasteiger partial charge in [0.25, 0.3) is 0 Å². The van der Waals surface area contributed by atoms with Crippen LogP contribution in [-0.2, 0) is 23.9 Å². The van der Waals surface area contributed by atoms with E-state index in [0.29, 0.717) is 11.1 Å². The number of hydrogen-bond donors (Lipinski definition) is 2. The van der Waals surface area contributed by atoms with Crippen molar-refractivity contribution in [3.63, 3.8) is 0 Å². The van der Waals surface area contributed by atoms with Crippen molar-refractivity contribution in [1.82, 2.24) is 4.90 Å². The van der Waals surface area contributed by atoms with Crippen molar-refractivity contribution in [2.24, 2.45) is 17.1 Å². The standard InChI is InChI=1S/C20H24N2O7S/c1-9(23)14-13-5-10(11-6-30-7-12(11)16(21)24)15(22(13)17(14)25)18(26)28-8-29-19(27)20(2,3)4/h6-7,9,13-14,23H,5,8H2,1-4H3,(H2,21,24)/t9-,13-,14-/m1/s1. The third-order valence-corrected chi connectivity index (χ3v) is 5.91. The lowest BCUT2D eigenvalue weighted by Crippen LogP contribution is -2.61. The maximum Gasteiger partial charge on any atom is 0.358 e. The van der Waals surface area contributed by atoms with Gasteiger partial charge in [0.05, 0.1) is 29.0 Å². The Morgan fingerprint density at radius 2 is 1.97 bits per heavy atom. The molecule has 0 aromatic carbocycles. The van der Waals surface area contributed by atoms with Crippen LogP contribution in [0.15, 0.2) is 16.5 Å². The Bertz CT molecular complexity index is 941. The maximum atomic E-state index is 12.8. The van der Waals surface area contributed by atoms with Crippen molar-refractivity contribution in [2.45, 2.75) is 46.3 Å². The molecule has 3 rings (SSSR count). The topological polar surface area (TPSA) is 136 Å². The van der Waals surface area contributed by atoms with E-state index in [1.165, 1.54) is 23.2 Å². The van der Waals surface area contributed by atoms with Gasteiger partial charge in [0.1, 0.15) is 5.70 Å². The van der Waals surface area contributed by atoms with Gasteiger partial charge in [-0.2, -0.15) is 11.3 Å². The molecule has 1 aromatic rings. The van der Waals surface area contributed by atoms with E-state index >= 15 is 0 Å². The summed E-state index contributed by atoms with van der Waals surface area (Å²) in [6, 6.07) is -0.423. The lowest BCUT2D eigenvalue weighted by Gasteiger charge is -2.44.